The minimum absolute atomic E-state index is 0.678. The summed E-state index contributed by atoms with van der Waals surface area (Å²) in [5.74, 6) is 0. The summed E-state index contributed by atoms with van der Waals surface area (Å²) in [6, 6.07) is 0. The van der Waals surface area contributed by atoms with Crippen LogP contribution in [0.25, 0.3) is 0 Å². The van der Waals surface area contributed by atoms with E-state index in [2.05, 4.69) is 0 Å². The minimum Gasteiger partial charge on any atom is -0.501 e. The van der Waals surface area contributed by atoms with Crippen LogP contribution in [0.2, 0.25) is 0 Å². The molecule has 0 aliphatic carbocycles. The van der Waals surface area contributed by atoms with Crippen LogP contribution in [0.3, 0.4) is 0 Å². The summed E-state index contributed by atoms with van der Waals surface area (Å²) in [4.78, 5) is 10.00. The fourth-order valence-electron chi connectivity index (χ4n) is 1.21. The Labute approximate surface area is 67.2 Å². The third-order valence-corrected chi connectivity index (χ3v) is 1.83. The number of carbonyl (C=O) groups excluding carboxylic acids is 1. The number of hydrogen-bond donors (Lipinski definition) is 0. The maximum absolute atomic E-state index is 10.00. The predicted molar refractivity (Wildman–Crippen MR) is 43.2 cm³/mol. The Morgan fingerprint density at radius 3 is 3.18 bits per heavy atom. The van der Waals surface area contributed by atoms with Gasteiger partial charge in [0.2, 0.25) is 0 Å². The van der Waals surface area contributed by atoms with Gasteiger partial charge in [-0.2, -0.15) is 0 Å². The molecule has 62 valence electrons. The van der Waals surface area contributed by atoms with Gasteiger partial charge >= 0.3 is 0 Å². The van der Waals surface area contributed by atoms with E-state index in [-0.39, 0.29) is 0 Å². The van der Waals surface area contributed by atoms with E-state index in [1.165, 1.54) is 5.57 Å². The molecule has 0 aromatic heterocycles. The first kappa shape index (κ1) is 8.31. The zero-order valence-corrected chi connectivity index (χ0v) is 6.71. The molecule has 0 aromatic carbocycles. The van der Waals surface area contributed by atoms with Crippen molar-refractivity contribution in [2.24, 2.45) is 0 Å². The van der Waals surface area contributed by atoms with Crippen LogP contribution in [0.4, 0.5) is 0 Å². The van der Waals surface area contributed by atoms with E-state index in [9.17, 15) is 4.79 Å². The molecule has 2 nitrogen and oxygen atoms in total. The van der Waals surface area contributed by atoms with E-state index in [1.807, 2.05) is 6.26 Å². The lowest BCUT2D eigenvalue weighted by molar-refractivity contribution is -0.107. The van der Waals surface area contributed by atoms with Crippen molar-refractivity contribution >= 4 is 6.29 Å². The Morgan fingerprint density at radius 1 is 1.64 bits per heavy atom. The number of unbranched alkanes of at least 4 members (excludes halogenated alkanes) is 1. The van der Waals surface area contributed by atoms with Gasteiger partial charge in [0.05, 0.1) is 12.9 Å². The molecule has 1 aliphatic rings. The summed E-state index contributed by atoms with van der Waals surface area (Å²) in [6.45, 7) is 0.858. The Hall–Kier alpha value is -0.790. The molecular weight excluding hydrogens is 140 g/mol. The SMILES string of the molecule is O=CCCCC1=COCCC1. The standard InChI is InChI=1S/C9H14O2/c10-6-2-1-4-9-5-3-7-11-8-9/h6,8H,1-5,7H2. The van der Waals surface area contributed by atoms with Crippen LogP contribution in [-0.2, 0) is 9.53 Å². The lowest BCUT2D eigenvalue weighted by Gasteiger charge is -2.12. The van der Waals surface area contributed by atoms with Gasteiger partial charge in [0.25, 0.3) is 0 Å². The third kappa shape index (κ3) is 3.21. The summed E-state index contributed by atoms with van der Waals surface area (Å²) < 4.78 is 5.16. The fraction of sp³-hybridized carbons (Fsp3) is 0.667. The van der Waals surface area contributed by atoms with Crippen molar-refractivity contribution in [2.75, 3.05) is 6.61 Å². The summed E-state index contributed by atoms with van der Waals surface area (Å²) in [5, 5.41) is 0. The van der Waals surface area contributed by atoms with Gasteiger partial charge in [-0.1, -0.05) is 0 Å². The van der Waals surface area contributed by atoms with Crippen molar-refractivity contribution in [1.82, 2.24) is 0 Å². The Balaban J connectivity index is 2.14. The quantitative estimate of drug-likeness (QED) is 0.457. The third-order valence-electron chi connectivity index (χ3n) is 1.83. The number of ether oxygens (including phenoxy) is 1. The molecule has 0 amide bonds. The molecule has 1 aliphatic heterocycles. The smallest absolute Gasteiger partial charge is 0.120 e. The molecule has 2 heteroatoms. The summed E-state index contributed by atoms with van der Waals surface area (Å²) in [7, 11) is 0. The zero-order valence-electron chi connectivity index (χ0n) is 6.71. The van der Waals surface area contributed by atoms with Gasteiger partial charge in [-0.15, -0.1) is 0 Å². The van der Waals surface area contributed by atoms with Gasteiger partial charge in [0.15, 0.2) is 0 Å². The van der Waals surface area contributed by atoms with Crippen LogP contribution in [0.1, 0.15) is 32.1 Å². The van der Waals surface area contributed by atoms with Gasteiger partial charge in [-0.25, -0.2) is 0 Å². The molecule has 0 spiro atoms. The first-order valence-corrected chi connectivity index (χ1v) is 4.16. The maximum Gasteiger partial charge on any atom is 0.120 e. The topological polar surface area (TPSA) is 26.3 Å². The average molecular weight is 154 g/mol. The monoisotopic (exact) mass is 154 g/mol. The van der Waals surface area contributed by atoms with Crippen LogP contribution < -0.4 is 0 Å². The Kier molecular flexibility index (Phi) is 3.73. The minimum atomic E-state index is 0.678. The second kappa shape index (κ2) is 4.94. The zero-order chi connectivity index (χ0) is 7.94. The first-order chi connectivity index (χ1) is 5.43. The fourth-order valence-corrected chi connectivity index (χ4v) is 1.21. The van der Waals surface area contributed by atoms with E-state index >= 15 is 0 Å². The average Bonchev–Trinajstić information content (AvgIpc) is 2.07. The van der Waals surface area contributed by atoms with Crippen molar-refractivity contribution in [3.63, 3.8) is 0 Å². The second-order valence-corrected chi connectivity index (χ2v) is 2.81. The molecule has 11 heavy (non-hydrogen) atoms. The van der Waals surface area contributed by atoms with Crippen molar-refractivity contribution in [3.05, 3.63) is 11.8 Å². The number of aldehydes is 1. The molecule has 0 bridgehead atoms. The molecule has 0 fully saturated rings. The van der Waals surface area contributed by atoms with Crippen molar-refractivity contribution in [1.29, 1.82) is 0 Å². The first-order valence-electron chi connectivity index (χ1n) is 4.16. The molecule has 0 saturated carbocycles. The molecule has 1 rings (SSSR count). The maximum atomic E-state index is 10.00. The summed E-state index contributed by atoms with van der Waals surface area (Å²) in [6.07, 6.45) is 7.79. The van der Waals surface area contributed by atoms with Gasteiger partial charge in [-0.05, 0) is 31.3 Å². The number of rotatable bonds is 4. The predicted octanol–water partition coefficient (Wildman–Crippen LogP) is 2.05. The molecular formula is C9H14O2. The highest BCUT2D eigenvalue weighted by molar-refractivity contribution is 5.49. The van der Waals surface area contributed by atoms with Crippen LogP contribution in [0.5, 0.6) is 0 Å². The highest BCUT2D eigenvalue weighted by Crippen LogP contribution is 2.17. The summed E-state index contributed by atoms with van der Waals surface area (Å²) in [5.41, 5.74) is 1.36. The molecule has 1 heterocycles. The molecule has 0 aromatic rings. The van der Waals surface area contributed by atoms with E-state index in [1.54, 1.807) is 0 Å². The largest absolute Gasteiger partial charge is 0.501 e. The lowest BCUT2D eigenvalue weighted by Crippen LogP contribution is -1.98. The van der Waals surface area contributed by atoms with Crippen LogP contribution >= 0.6 is 0 Å². The molecule has 0 unspecified atom stereocenters. The Morgan fingerprint density at radius 2 is 2.55 bits per heavy atom. The van der Waals surface area contributed by atoms with Crippen LogP contribution in [-0.4, -0.2) is 12.9 Å². The van der Waals surface area contributed by atoms with Gasteiger partial charge in [0, 0.05) is 6.42 Å². The van der Waals surface area contributed by atoms with E-state index in [0.29, 0.717) is 6.42 Å². The van der Waals surface area contributed by atoms with Crippen LogP contribution in [0.15, 0.2) is 11.8 Å². The van der Waals surface area contributed by atoms with Gasteiger partial charge in [-0.3, -0.25) is 0 Å². The highest BCUT2D eigenvalue weighted by Gasteiger charge is 2.02. The molecule has 0 radical (unpaired) electrons. The number of hydrogen-bond acceptors (Lipinski definition) is 2. The second-order valence-electron chi connectivity index (χ2n) is 2.81. The summed E-state index contributed by atoms with van der Waals surface area (Å²) >= 11 is 0. The van der Waals surface area contributed by atoms with Gasteiger partial charge < -0.3 is 9.53 Å². The van der Waals surface area contributed by atoms with Gasteiger partial charge in [0.1, 0.15) is 6.29 Å². The van der Waals surface area contributed by atoms with E-state index in [0.717, 1.165) is 38.6 Å². The number of allylic oxidation sites excluding steroid dienone is 1. The molecule has 0 N–H and O–H groups in total. The van der Waals surface area contributed by atoms with E-state index in [4.69, 9.17) is 4.74 Å². The van der Waals surface area contributed by atoms with E-state index < -0.39 is 0 Å². The van der Waals surface area contributed by atoms with Crippen molar-refractivity contribution in [3.8, 4) is 0 Å². The Bertz CT molecular complexity index is 150. The van der Waals surface area contributed by atoms with Crippen molar-refractivity contribution in [2.45, 2.75) is 32.1 Å². The number of carbonyl (C=O) groups is 1. The van der Waals surface area contributed by atoms with Crippen LogP contribution in [0, 0.1) is 0 Å². The molecule has 0 saturated heterocycles. The molecule has 0 atom stereocenters. The highest BCUT2D eigenvalue weighted by atomic mass is 16.5. The lowest BCUT2D eigenvalue weighted by atomic mass is 10.0. The van der Waals surface area contributed by atoms with Crippen molar-refractivity contribution < 1.29 is 9.53 Å². The normalized spacial score (nSPS) is 16.9.